The molecule has 210 valence electrons. The number of benzene rings is 3. The highest BCUT2D eigenvalue weighted by atomic mass is 16.3. The zero-order valence-corrected chi connectivity index (χ0v) is 23.7. The van der Waals surface area contributed by atoms with Gasteiger partial charge in [0.15, 0.2) is 6.29 Å². The van der Waals surface area contributed by atoms with Crippen LogP contribution in [-0.2, 0) is 4.79 Å². The van der Waals surface area contributed by atoms with Crippen LogP contribution in [0, 0.1) is 20.8 Å². The highest BCUT2D eigenvalue weighted by molar-refractivity contribution is 6.14. The van der Waals surface area contributed by atoms with Crippen LogP contribution < -0.4 is 10.6 Å². The van der Waals surface area contributed by atoms with Gasteiger partial charge in [-0.15, -0.1) is 0 Å². The van der Waals surface area contributed by atoms with E-state index in [1.165, 1.54) is 0 Å². The lowest BCUT2D eigenvalue weighted by atomic mass is 10.0. The van der Waals surface area contributed by atoms with E-state index in [0.29, 0.717) is 39.2 Å². The molecule has 41 heavy (non-hydrogen) atoms. The van der Waals surface area contributed by atoms with Crippen LogP contribution in [0.1, 0.15) is 79.0 Å². The van der Waals surface area contributed by atoms with Gasteiger partial charge in [-0.05, 0) is 68.2 Å². The average molecular weight is 550 g/mol. The van der Waals surface area contributed by atoms with Crippen molar-refractivity contribution in [3.63, 3.8) is 0 Å². The molecule has 1 aromatic heterocycles. The predicted octanol–water partition coefficient (Wildman–Crippen LogP) is 5.63. The minimum Gasteiger partial charge on any atom is -0.387 e. The third-order valence-corrected chi connectivity index (χ3v) is 7.12. The number of nitrogens with one attached hydrogen (secondary N) is 3. The summed E-state index contributed by atoms with van der Waals surface area (Å²) in [5.74, 6) is -0.561. The summed E-state index contributed by atoms with van der Waals surface area (Å²) in [6.45, 7) is 7.52. The first-order chi connectivity index (χ1) is 19.7. The van der Waals surface area contributed by atoms with Crippen molar-refractivity contribution in [3.05, 3.63) is 129 Å². The van der Waals surface area contributed by atoms with Crippen LogP contribution >= 0.6 is 0 Å². The first kappa shape index (κ1) is 29.2. The van der Waals surface area contributed by atoms with E-state index in [-0.39, 0.29) is 24.4 Å². The highest BCUT2D eigenvalue weighted by Crippen LogP contribution is 2.24. The summed E-state index contributed by atoms with van der Waals surface area (Å²) in [7, 11) is 0. The Labute approximate surface area is 240 Å². The monoisotopic (exact) mass is 549 g/mol. The van der Waals surface area contributed by atoms with Gasteiger partial charge in [0.05, 0.1) is 17.7 Å². The van der Waals surface area contributed by atoms with Crippen LogP contribution in [0.3, 0.4) is 0 Å². The Morgan fingerprint density at radius 3 is 2.27 bits per heavy atom. The molecule has 0 saturated heterocycles. The Hall–Kier alpha value is -4.75. The van der Waals surface area contributed by atoms with Gasteiger partial charge < -0.3 is 20.7 Å². The van der Waals surface area contributed by atoms with Gasteiger partial charge in [0.25, 0.3) is 11.8 Å². The van der Waals surface area contributed by atoms with E-state index in [1.807, 2.05) is 68.4 Å². The molecule has 0 bridgehead atoms. The zero-order chi connectivity index (χ0) is 29.5. The van der Waals surface area contributed by atoms with Crippen molar-refractivity contribution in [1.82, 2.24) is 15.6 Å². The summed E-state index contributed by atoms with van der Waals surface area (Å²) in [5.41, 5.74) is 6.53. The van der Waals surface area contributed by atoms with Gasteiger partial charge in [-0.2, -0.15) is 0 Å². The predicted molar refractivity (Wildman–Crippen MR) is 161 cm³/mol. The molecule has 0 radical (unpaired) electrons. The lowest BCUT2D eigenvalue weighted by Gasteiger charge is -2.14. The average Bonchev–Trinajstić information content (AvgIpc) is 3.26. The van der Waals surface area contributed by atoms with E-state index in [4.69, 9.17) is 0 Å². The number of aldehydes is 1. The molecule has 4 N–H and O–H groups in total. The molecule has 0 spiro atoms. The molecule has 7 nitrogen and oxygen atoms in total. The molecule has 2 unspecified atom stereocenters. The van der Waals surface area contributed by atoms with Crippen LogP contribution in [-0.4, -0.2) is 34.7 Å². The van der Waals surface area contributed by atoms with Crippen molar-refractivity contribution in [2.24, 2.45) is 0 Å². The van der Waals surface area contributed by atoms with Crippen molar-refractivity contribution in [1.29, 1.82) is 0 Å². The quantitative estimate of drug-likeness (QED) is 0.152. The number of aryl methyl sites for hydroxylation is 2. The number of aliphatic hydroxyl groups excluding tert-OH is 1. The third kappa shape index (κ3) is 7.07. The number of allylic oxidation sites excluding steroid dienone is 1. The van der Waals surface area contributed by atoms with Gasteiger partial charge in [0.2, 0.25) is 0 Å². The number of aromatic nitrogens is 1. The van der Waals surface area contributed by atoms with Crippen LogP contribution in [0.5, 0.6) is 0 Å². The molecule has 0 aliphatic heterocycles. The summed E-state index contributed by atoms with van der Waals surface area (Å²) in [5, 5.41) is 16.3. The minimum atomic E-state index is -0.834. The SMILES string of the molecule is Cc1cccc(C(O)CNC(=O)c2c(C)[nH]c(/C=C(\C=O)c3cccc(C(=O)NC(C)c4ccccc4)c3)c2C)c1. The van der Waals surface area contributed by atoms with E-state index in [9.17, 15) is 19.5 Å². The molecule has 3 aromatic carbocycles. The molecule has 0 fully saturated rings. The number of hydrogen-bond acceptors (Lipinski definition) is 4. The Kier molecular flexibility index (Phi) is 9.32. The molecule has 7 heteroatoms. The summed E-state index contributed by atoms with van der Waals surface area (Å²) in [6.07, 6.45) is 1.58. The summed E-state index contributed by atoms with van der Waals surface area (Å²) < 4.78 is 0. The van der Waals surface area contributed by atoms with Crippen molar-refractivity contribution in [2.45, 2.75) is 39.8 Å². The summed E-state index contributed by atoms with van der Waals surface area (Å²) in [4.78, 5) is 41.4. The van der Waals surface area contributed by atoms with Crippen LogP contribution in [0.4, 0.5) is 0 Å². The molecule has 0 saturated carbocycles. The number of amides is 2. The molecule has 2 atom stereocenters. The number of carbonyl (C=O) groups is 3. The molecule has 0 aliphatic carbocycles. The molecule has 1 heterocycles. The van der Waals surface area contributed by atoms with Crippen molar-refractivity contribution < 1.29 is 19.5 Å². The van der Waals surface area contributed by atoms with Gasteiger partial charge in [-0.3, -0.25) is 14.4 Å². The van der Waals surface area contributed by atoms with E-state index in [0.717, 1.165) is 23.0 Å². The topological polar surface area (TPSA) is 111 Å². The number of carbonyl (C=O) groups excluding carboxylic acids is 3. The fourth-order valence-electron chi connectivity index (χ4n) is 4.82. The van der Waals surface area contributed by atoms with E-state index in [1.54, 1.807) is 44.2 Å². The van der Waals surface area contributed by atoms with Gasteiger partial charge in [-0.1, -0.05) is 72.3 Å². The molecule has 4 aromatic rings. The van der Waals surface area contributed by atoms with Crippen molar-refractivity contribution >= 4 is 29.7 Å². The number of hydrogen-bond donors (Lipinski definition) is 4. The lowest BCUT2D eigenvalue weighted by molar-refractivity contribution is -0.103. The maximum absolute atomic E-state index is 13.1. The van der Waals surface area contributed by atoms with Crippen molar-refractivity contribution in [3.8, 4) is 0 Å². The normalized spacial score (nSPS) is 12.9. The van der Waals surface area contributed by atoms with Gasteiger partial charge >= 0.3 is 0 Å². The second kappa shape index (κ2) is 13.1. The van der Waals surface area contributed by atoms with Crippen molar-refractivity contribution in [2.75, 3.05) is 6.54 Å². The highest BCUT2D eigenvalue weighted by Gasteiger charge is 2.19. The fraction of sp³-hybridized carbons (Fsp3) is 0.206. The Morgan fingerprint density at radius 1 is 0.878 bits per heavy atom. The molecular formula is C34H35N3O4. The molecule has 2 amide bonds. The zero-order valence-electron chi connectivity index (χ0n) is 23.7. The number of aliphatic hydroxyl groups is 1. The largest absolute Gasteiger partial charge is 0.387 e. The molecular weight excluding hydrogens is 514 g/mol. The number of H-pyrrole nitrogens is 1. The van der Waals surface area contributed by atoms with Crippen LogP contribution in [0.15, 0.2) is 78.9 Å². The smallest absolute Gasteiger partial charge is 0.253 e. The minimum absolute atomic E-state index is 0.0643. The molecule has 4 rings (SSSR count). The van der Waals surface area contributed by atoms with E-state index < -0.39 is 6.10 Å². The summed E-state index contributed by atoms with van der Waals surface area (Å²) in [6, 6.07) is 23.9. The maximum atomic E-state index is 13.1. The number of aromatic amines is 1. The molecule has 0 aliphatic rings. The summed E-state index contributed by atoms with van der Waals surface area (Å²) >= 11 is 0. The van der Waals surface area contributed by atoms with Gasteiger partial charge in [-0.25, -0.2) is 0 Å². The second-order valence-electron chi connectivity index (χ2n) is 10.2. The third-order valence-electron chi connectivity index (χ3n) is 7.12. The van der Waals surface area contributed by atoms with Crippen LogP contribution in [0.2, 0.25) is 0 Å². The lowest BCUT2D eigenvalue weighted by Crippen LogP contribution is -2.29. The first-order valence-corrected chi connectivity index (χ1v) is 13.5. The first-order valence-electron chi connectivity index (χ1n) is 13.5. The van der Waals surface area contributed by atoms with Crippen LogP contribution in [0.25, 0.3) is 11.6 Å². The Bertz CT molecular complexity index is 1590. The Morgan fingerprint density at radius 2 is 1.56 bits per heavy atom. The maximum Gasteiger partial charge on any atom is 0.253 e. The second-order valence-corrected chi connectivity index (χ2v) is 10.2. The van der Waals surface area contributed by atoms with Gasteiger partial charge in [0.1, 0.15) is 0 Å². The standard InChI is InChI=1S/C34H35N3O4/c1-21-10-8-14-27(16-21)31(39)19-35-34(41)32-22(2)30(36-24(32)4)18-29(20-38)26-13-9-15-28(17-26)33(40)37-23(3)25-11-6-5-7-12-25/h5-18,20,23,31,36,39H,19H2,1-4H3,(H,35,41)(H,37,40)/b29-18+. The Balaban J connectivity index is 1.50. The van der Waals surface area contributed by atoms with E-state index in [2.05, 4.69) is 15.6 Å². The van der Waals surface area contributed by atoms with Gasteiger partial charge in [0, 0.05) is 29.1 Å². The number of rotatable bonds is 10. The van der Waals surface area contributed by atoms with E-state index >= 15 is 0 Å². The fourth-order valence-corrected chi connectivity index (χ4v) is 4.82.